The number of amides is 1. The molecule has 20 heavy (non-hydrogen) atoms. The minimum atomic E-state index is 0.0340. The van der Waals surface area contributed by atoms with Gasteiger partial charge in [-0.3, -0.25) is 9.69 Å². The van der Waals surface area contributed by atoms with Gasteiger partial charge >= 0.3 is 0 Å². The molecule has 2 heterocycles. The van der Waals surface area contributed by atoms with E-state index in [1.165, 1.54) is 0 Å². The third-order valence-electron chi connectivity index (χ3n) is 3.37. The predicted molar refractivity (Wildman–Crippen MR) is 83.2 cm³/mol. The van der Waals surface area contributed by atoms with E-state index in [0.29, 0.717) is 18.0 Å². The van der Waals surface area contributed by atoms with E-state index in [1.807, 2.05) is 24.3 Å². The van der Waals surface area contributed by atoms with Crippen LogP contribution in [-0.2, 0) is 17.6 Å². The molecule has 0 bridgehead atoms. The summed E-state index contributed by atoms with van der Waals surface area (Å²) >= 11 is 9.51. The van der Waals surface area contributed by atoms with Crippen LogP contribution in [0.3, 0.4) is 0 Å². The number of fused-ring (bicyclic) bond motifs is 1. The molecule has 102 valence electrons. The molecule has 5 heteroatoms. The largest absolute Gasteiger partial charge is 0.296 e. The summed E-state index contributed by atoms with van der Waals surface area (Å²) in [6.07, 6.45) is 2.87. The summed E-state index contributed by atoms with van der Waals surface area (Å²) in [6.45, 7) is 0.683. The van der Waals surface area contributed by atoms with Crippen molar-refractivity contribution in [3.63, 3.8) is 0 Å². The topological polar surface area (TPSA) is 33.2 Å². The Morgan fingerprint density at radius 1 is 1.40 bits per heavy atom. The molecule has 3 rings (SSSR count). The fourth-order valence-electron chi connectivity index (χ4n) is 2.38. The summed E-state index contributed by atoms with van der Waals surface area (Å²) in [5.74, 6) is 0.803. The molecular formula is C15H12BrClN2O. The van der Waals surface area contributed by atoms with E-state index < -0.39 is 0 Å². The van der Waals surface area contributed by atoms with Crippen molar-refractivity contribution < 1.29 is 4.79 Å². The second-order valence-electron chi connectivity index (χ2n) is 4.70. The Kier molecular flexibility index (Phi) is 3.76. The predicted octanol–water partition coefficient (Wildman–Crippen LogP) is 3.63. The molecule has 1 amide bonds. The highest BCUT2D eigenvalue weighted by Gasteiger charge is 2.26. The third kappa shape index (κ3) is 2.58. The number of pyridine rings is 1. The SMILES string of the molecule is O=C(Cc1ccccc1Cl)N1CCc2cc(Br)cnc21. The average Bonchev–Trinajstić information content (AvgIpc) is 2.84. The first-order valence-corrected chi connectivity index (χ1v) is 7.50. The molecule has 0 unspecified atom stereocenters. The van der Waals surface area contributed by atoms with Crippen LogP contribution in [0.2, 0.25) is 5.02 Å². The lowest BCUT2D eigenvalue weighted by molar-refractivity contribution is -0.117. The first kappa shape index (κ1) is 13.6. The van der Waals surface area contributed by atoms with E-state index in [2.05, 4.69) is 20.9 Å². The van der Waals surface area contributed by atoms with E-state index >= 15 is 0 Å². The number of carbonyl (C=O) groups excluding carboxylic acids is 1. The van der Waals surface area contributed by atoms with Crippen molar-refractivity contribution in [1.82, 2.24) is 4.98 Å². The van der Waals surface area contributed by atoms with Gasteiger partial charge in [-0.1, -0.05) is 29.8 Å². The van der Waals surface area contributed by atoms with Gasteiger partial charge in [-0.25, -0.2) is 4.98 Å². The monoisotopic (exact) mass is 350 g/mol. The number of nitrogens with zero attached hydrogens (tertiary/aromatic N) is 2. The van der Waals surface area contributed by atoms with Crippen LogP contribution in [0.1, 0.15) is 11.1 Å². The van der Waals surface area contributed by atoms with Gasteiger partial charge in [0.2, 0.25) is 5.91 Å². The van der Waals surface area contributed by atoms with Crippen molar-refractivity contribution in [2.45, 2.75) is 12.8 Å². The maximum absolute atomic E-state index is 12.4. The Morgan fingerprint density at radius 3 is 3.00 bits per heavy atom. The highest BCUT2D eigenvalue weighted by molar-refractivity contribution is 9.10. The van der Waals surface area contributed by atoms with Crippen LogP contribution in [-0.4, -0.2) is 17.4 Å². The molecular weight excluding hydrogens is 340 g/mol. The molecule has 0 aliphatic carbocycles. The van der Waals surface area contributed by atoms with Gasteiger partial charge in [0.25, 0.3) is 0 Å². The Bertz CT molecular complexity index is 675. The summed E-state index contributed by atoms with van der Waals surface area (Å²) in [7, 11) is 0. The lowest BCUT2D eigenvalue weighted by Gasteiger charge is -2.16. The number of rotatable bonds is 2. The first-order valence-electron chi connectivity index (χ1n) is 6.33. The van der Waals surface area contributed by atoms with E-state index in [9.17, 15) is 4.79 Å². The molecule has 1 aromatic heterocycles. The van der Waals surface area contributed by atoms with Crippen LogP contribution >= 0.6 is 27.5 Å². The number of halogens is 2. The second-order valence-corrected chi connectivity index (χ2v) is 6.02. The molecule has 0 spiro atoms. The van der Waals surface area contributed by atoms with Gasteiger partial charge in [0, 0.05) is 22.2 Å². The van der Waals surface area contributed by atoms with Crippen LogP contribution in [0.4, 0.5) is 5.82 Å². The minimum absolute atomic E-state index is 0.0340. The van der Waals surface area contributed by atoms with Crippen molar-refractivity contribution in [3.05, 3.63) is 57.2 Å². The molecule has 0 N–H and O–H groups in total. The fraction of sp³-hybridized carbons (Fsp3) is 0.200. The fourth-order valence-corrected chi connectivity index (χ4v) is 2.96. The van der Waals surface area contributed by atoms with Gasteiger partial charge < -0.3 is 0 Å². The zero-order valence-electron chi connectivity index (χ0n) is 10.6. The van der Waals surface area contributed by atoms with Crippen LogP contribution in [0, 0.1) is 0 Å². The maximum atomic E-state index is 12.4. The standard InChI is InChI=1S/C15H12BrClN2O/c16-12-7-11-5-6-19(15(11)18-9-12)14(20)8-10-3-1-2-4-13(10)17/h1-4,7,9H,5-6,8H2. The Labute approximate surface area is 130 Å². The van der Waals surface area contributed by atoms with Crippen LogP contribution in [0.25, 0.3) is 0 Å². The average molecular weight is 352 g/mol. The second kappa shape index (κ2) is 5.54. The van der Waals surface area contributed by atoms with Gasteiger partial charge in [0.1, 0.15) is 5.82 Å². The molecule has 1 aliphatic heterocycles. The normalized spacial score (nSPS) is 13.4. The molecule has 0 saturated heterocycles. The number of anilines is 1. The number of hydrogen-bond donors (Lipinski definition) is 0. The molecule has 0 atom stereocenters. The van der Waals surface area contributed by atoms with Crippen molar-refractivity contribution in [2.24, 2.45) is 0 Å². The smallest absolute Gasteiger partial charge is 0.232 e. The minimum Gasteiger partial charge on any atom is -0.296 e. The van der Waals surface area contributed by atoms with Crippen molar-refractivity contribution in [2.75, 3.05) is 11.4 Å². The van der Waals surface area contributed by atoms with Crippen LogP contribution in [0.5, 0.6) is 0 Å². The zero-order chi connectivity index (χ0) is 14.1. The highest BCUT2D eigenvalue weighted by atomic mass is 79.9. The molecule has 0 saturated carbocycles. The lowest BCUT2D eigenvalue weighted by atomic mass is 10.1. The van der Waals surface area contributed by atoms with Gasteiger partial charge in [-0.2, -0.15) is 0 Å². The third-order valence-corrected chi connectivity index (χ3v) is 4.17. The molecule has 3 nitrogen and oxygen atoms in total. The number of hydrogen-bond acceptors (Lipinski definition) is 2. The number of carbonyl (C=O) groups is 1. The summed E-state index contributed by atoms with van der Waals surface area (Å²) in [6, 6.07) is 9.46. The molecule has 2 aromatic rings. The molecule has 1 aromatic carbocycles. The van der Waals surface area contributed by atoms with E-state index in [0.717, 1.165) is 27.8 Å². The maximum Gasteiger partial charge on any atom is 0.232 e. The lowest BCUT2D eigenvalue weighted by Crippen LogP contribution is -2.31. The van der Waals surface area contributed by atoms with Crippen LogP contribution < -0.4 is 4.90 Å². The van der Waals surface area contributed by atoms with Crippen molar-refractivity contribution in [3.8, 4) is 0 Å². The summed E-state index contributed by atoms with van der Waals surface area (Å²) in [5.41, 5.74) is 1.96. The molecule has 1 aliphatic rings. The van der Waals surface area contributed by atoms with Gasteiger partial charge in [-0.05, 0) is 45.6 Å². The van der Waals surface area contributed by atoms with Crippen molar-refractivity contribution >= 4 is 39.3 Å². The van der Waals surface area contributed by atoms with E-state index in [4.69, 9.17) is 11.6 Å². The van der Waals surface area contributed by atoms with E-state index in [1.54, 1.807) is 17.2 Å². The van der Waals surface area contributed by atoms with Gasteiger partial charge in [-0.15, -0.1) is 0 Å². The van der Waals surface area contributed by atoms with Crippen LogP contribution in [0.15, 0.2) is 41.0 Å². The number of aromatic nitrogens is 1. The van der Waals surface area contributed by atoms with E-state index in [-0.39, 0.29) is 5.91 Å². The Morgan fingerprint density at radius 2 is 2.20 bits per heavy atom. The van der Waals surface area contributed by atoms with Gasteiger partial charge in [0.05, 0.1) is 6.42 Å². The number of benzene rings is 1. The Hall–Kier alpha value is -1.39. The highest BCUT2D eigenvalue weighted by Crippen LogP contribution is 2.28. The Balaban J connectivity index is 1.82. The quantitative estimate of drug-likeness (QED) is 0.828. The molecule has 0 fully saturated rings. The first-order chi connectivity index (χ1) is 9.65. The zero-order valence-corrected chi connectivity index (χ0v) is 13.0. The van der Waals surface area contributed by atoms with Crippen molar-refractivity contribution in [1.29, 1.82) is 0 Å². The summed E-state index contributed by atoms with van der Waals surface area (Å²) in [4.78, 5) is 18.5. The van der Waals surface area contributed by atoms with Gasteiger partial charge in [0.15, 0.2) is 0 Å². The summed E-state index contributed by atoms with van der Waals surface area (Å²) in [5, 5.41) is 0.629. The molecule has 0 radical (unpaired) electrons. The summed E-state index contributed by atoms with van der Waals surface area (Å²) < 4.78 is 0.941.